The monoisotopic (exact) mass is 518 g/mol. The Morgan fingerprint density at radius 1 is 1.05 bits per heavy atom. The van der Waals surface area contributed by atoms with Gasteiger partial charge in [0.1, 0.15) is 0 Å². The third-order valence-electron chi connectivity index (χ3n) is 9.86. The molecule has 3 saturated carbocycles. The summed E-state index contributed by atoms with van der Waals surface area (Å²) in [4.78, 5) is 0. The van der Waals surface area contributed by atoms with Gasteiger partial charge in [-0.05, 0) is 120 Å². The SMILES string of the molecule is C=C1/C(=C\C=C2/CCC[C@@]3(C)C2CC[C@@H]3C(CCCC(C)(C)O)CC[C@@H](O)C(C)(C)O)C[C@@H](O)C[C@@H]1O. The Kier molecular flexibility index (Phi) is 9.94. The van der Waals surface area contributed by atoms with Gasteiger partial charge in [0.05, 0.1) is 29.5 Å². The van der Waals surface area contributed by atoms with Crippen molar-refractivity contribution >= 4 is 0 Å². The van der Waals surface area contributed by atoms with Gasteiger partial charge < -0.3 is 25.5 Å². The third kappa shape index (κ3) is 7.79. The van der Waals surface area contributed by atoms with E-state index in [1.807, 2.05) is 13.8 Å². The predicted octanol–water partition coefficient (Wildman–Crippen LogP) is 5.60. The Bertz CT molecular complexity index is 844. The zero-order chi connectivity index (χ0) is 27.6. The average Bonchev–Trinajstić information content (AvgIpc) is 3.13. The van der Waals surface area contributed by atoms with Gasteiger partial charge >= 0.3 is 0 Å². The third-order valence-corrected chi connectivity index (χ3v) is 9.86. The molecule has 5 heteroatoms. The summed E-state index contributed by atoms with van der Waals surface area (Å²) in [6.45, 7) is 13.7. The molecule has 0 aliphatic heterocycles. The van der Waals surface area contributed by atoms with Crippen molar-refractivity contribution in [2.75, 3.05) is 0 Å². The van der Waals surface area contributed by atoms with Crippen LogP contribution in [0.1, 0.15) is 112 Å². The summed E-state index contributed by atoms with van der Waals surface area (Å²) < 4.78 is 0. The topological polar surface area (TPSA) is 101 Å². The van der Waals surface area contributed by atoms with Crippen molar-refractivity contribution in [2.24, 2.45) is 23.2 Å². The van der Waals surface area contributed by atoms with E-state index in [9.17, 15) is 25.5 Å². The summed E-state index contributed by atoms with van der Waals surface area (Å²) >= 11 is 0. The van der Waals surface area contributed by atoms with Gasteiger partial charge in [0.15, 0.2) is 0 Å². The van der Waals surface area contributed by atoms with Gasteiger partial charge in [0, 0.05) is 6.42 Å². The first-order valence-electron chi connectivity index (χ1n) is 14.7. The molecule has 0 radical (unpaired) electrons. The molecule has 5 nitrogen and oxygen atoms in total. The first-order chi connectivity index (χ1) is 17.1. The van der Waals surface area contributed by atoms with E-state index in [1.54, 1.807) is 13.8 Å². The number of allylic oxidation sites excluding steroid dienone is 3. The second-order valence-corrected chi connectivity index (χ2v) is 13.9. The molecule has 3 fully saturated rings. The maximum Gasteiger partial charge on any atom is 0.0849 e. The fourth-order valence-corrected chi connectivity index (χ4v) is 7.59. The quantitative estimate of drug-likeness (QED) is 0.259. The standard InChI is InChI=1S/C32H54O5/c1-21-24(19-25(33)20-28(21)34)12-11-22-10-8-18-32(6)26(22)14-15-27(32)23(9-7-17-30(2,3)36)13-16-29(35)31(4,5)37/h11-12,23,25-29,33-37H,1,7-10,13-20H2,2-6H3/b22-11+,24-12-/t23?,25-,26?,27-,28+,29-,32+/m1/s1. The molecule has 37 heavy (non-hydrogen) atoms. The van der Waals surface area contributed by atoms with E-state index in [1.165, 1.54) is 24.8 Å². The van der Waals surface area contributed by atoms with Crippen LogP contribution < -0.4 is 0 Å². The van der Waals surface area contributed by atoms with E-state index in [-0.39, 0.29) is 5.41 Å². The largest absolute Gasteiger partial charge is 0.393 e. The number of hydrogen-bond acceptors (Lipinski definition) is 5. The second-order valence-electron chi connectivity index (χ2n) is 13.9. The summed E-state index contributed by atoms with van der Waals surface area (Å²) in [5, 5.41) is 51.5. The Balaban J connectivity index is 1.79. The van der Waals surface area contributed by atoms with Gasteiger partial charge in [-0.2, -0.15) is 0 Å². The van der Waals surface area contributed by atoms with E-state index in [4.69, 9.17) is 0 Å². The highest BCUT2D eigenvalue weighted by molar-refractivity contribution is 5.38. The predicted molar refractivity (Wildman–Crippen MR) is 150 cm³/mol. The van der Waals surface area contributed by atoms with Gasteiger partial charge in [-0.15, -0.1) is 0 Å². The number of aliphatic hydroxyl groups is 5. The summed E-state index contributed by atoms with van der Waals surface area (Å²) in [7, 11) is 0. The molecule has 2 unspecified atom stereocenters. The van der Waals surface area contributed by atoms with Gasteiger partial charge in [0.2, 0.25) is 0 Å². The van der Waals surface area contributed by atoms with Crippen LogP contribution in [0.2, 0.25) is 0 Å². The van der Waals surface area contributed by atoms with Crippen molar-refractivity contribution in [3.63, 3.8) is 0 Å². The fraction of sp³-hybridized carbons (Fsp3) is 0.812. The Morgan fingerprint density at radius 3 is 2.41 bits per heavy atom. The lowest BCUT2D eigenvalue weighted by Crippen LogP contribution is -2.39. The molecule has 3 aliphatic carbocycles. The number of hydrogen-bond donors (Lipinski definition) is 5. The van der Waals surface area contributed by atoms with Crippen molar-refractivity contribution in [3.05, 3.63) is 35.5 Å². The molecule has 0 saturated heterocycles. The lowest BCUT2D eigenvalue weighted by Gasteiger charge is -2.45. The van der Waals surface area contributed by atoms with Crippen LogP contribution in [0.25, 0.3) is 0 Å². The van der Waals surface area contributed by atoms with Crippen LogP contribution in [0.4, 0.5) is 0 Å². The first kappa shape index (κ1) is 30.6. The van der Waals surface area contributed by atoms with Crippen LogP contribution in [0.5, 0.6) is 0 Å². The van der Waals surface area contributed by atoms with Crippen LogP contribution in [-0.2, 0) is 0 Å². The lowest BCUT2D eigenvalue weighted by atomic mass is 9.60. The highest BCUT2D eigenvalue weighted by atomic mass is 16.3. The molecule has 7 atom stereocenters. The minimum Gasteiger partial charge on any atom is -0.393 e. The second kappa shape index (κ2) is 12.0. The number of rotatable bonds is 10. The molecule has 5 N–H and O–H groups in total. The minimum absolute atomic E-state index is 0.199. The fourth-order valence-electron chi connectivity index (χ4n) is 7.59. The van der Waals surface area contributed by atoms with E-state index in [0.717, 1.165) is 49.7 Å². The molecule has 0 spiro atoms. The van der Waals surface area contributed by atoms with Crippen molar-refractivity contribution in [1.82, 2.24) is 0 Å². The van der Waals surface area contributed by atoms with E-state index < -0.39 is 29.5 Å². The maximum absolute atomic E-state index is 10.6. The maximum atomic E-state index is 10.6. The summed E-state index contributed by atoms with van der Waals surface area (Å²) in [6, 6.07) is 0. The molecule has 0 heterocycles. The molecular weight excluding hydrogens is 464 g/mol. The van der Waals surface area contributed by atoms with Gasteiger partial charge in [-0.3, -0.25) is 0 Å². The van der Waals surface area contributed by atoms with Gasteiger partial charge in [-0.25, -0.2) is 0 Å². The zero-order valence-electron chi connectivity index (χ0n) is 24.0. The molecule has 3 aliphatic rings. The van der Waals surface area contributed by atoms with Crippen molar-refractivity contribution in [1.29, 1.82) is 0 Å². The van der Waals surface area contributed by atoms with Crippen LogP contribution in [0, 0.1) is 23.2 Å². The van der Waals surface area contributed by atoms with Gasteiger partial charge in [-0.1, -0.05) is 44.1 Å². The van der Waals surface area contributed by atoms with Crippen molar-refractivity contribution < 1.29 is 25.5 Å². The van der Waals surface area contributed by atoms with E-state index in [0.29, 0.717) is 37.0 Å². The van der Waals surface area contributed by atoms with Crippen molar-refractivity contribution in [2.45, 2.75) is 141 Å². The molecule has 0 aromatic carbocycles. The molecular formula is C32H54O5. The molecule has 212 valence electrons. The average molecular weight is 519 g/mol. The van der Waals surface area contributed by atoms with Gasteiger partial charge in [0.25, 0.3) is 0 Å². The van der Waals surface area contributed by atoms with Crippen LogP contribution in [0.15, 0.2) is 35.5 Å². The van der Waals surface area contributed by atoms with Crippen LogP contribution in [0.3, 0.4) is 0 Å². The first-order valence-corrected chi connectivity index (χ1v) is 14.7. The Hall–Kier alpha value is -0.980. The minimum atomic E-state index is -1.10. The summed E-state index contributed by atoms with van der Waals surface area (Å²) in [5.74, 6) is 1.53. The van der Waals surface area contributed by atoms with E-state index >= 15 is 0 Å². The smallest absolute Gasteiger partial charge is 0.0849 e. The Labute approximate surface area is 225 Å². The summed E-state index contributed by atoms with van der Waals surface area (Å²) in [6.07, 6.45) is 13.4. The van der Waals surface area contributed by atoms with E-state index in [2.05, 4.69) is 25.7 Å². The lowest BCUT2D eigenvalue weighted by molar-refractivity contribution is -0.0563. The molecule has 0 aromatic rings. The van der Waals surface area contributed by atoms with Crippen LogP contribution >= 0.6 is 0 Å². The van der Waals surface area contributed by atoms with Crippen LogP contribution in [-0.4, -0.2) is 55.0 Å². The highest BCUT2D eigenvalue weighted by Crippen LogP contribution is 2.60. The number of fused-ring (bicyclic) bond motifs is 1. The normalized spacial score (nSPS) is 35.1. The zero-order valence-corrected chi connectivity index (χ0v) is 24.0. The summed E-state index contributed by atoms with van der Waals surface area (Å²) in [5.41, 5.74) is 1.62. The Morgan fingerprint density at radius 2 is 1.76 bits per heavy atom. The molecule has 0 amide bonds. The highest BCUT2D eigenvalue weighted by Gasteiger charge is 2.51. The van der Waals surface area contributed by atoms with Crippen molar-refractivity contribution in [3.8, 4) is 0 Å². The number of aliphatic hydroxyl groups excluding tert-OH is 3. The molecule has 3 rings (SSSR count). The molecule has 0 aromatic heterocycles. The molecule has 0 bridgehead atoms.